The van der Waals surface area contributed by atoms with Gasteiger partial charge in [0.1, 0.15) is 5.82 Å². The molecule has 1 heterocycles. The van der Waals surface area contributed by atoms with Crippen LogP contribution in [0.3, 0.4) is 0 Å². The Hall–Kier alpha value is -1.82. The first-order valence-electron chi connectivity index (χ1n) is 6.13. The molecule has 6 heteroatoms. The molecule has 1 atom stereocenters. The number of para-hydroxylation sites is 1. The van der Waals surface area contributed by atoms with Crippen molar-refractivity contribution in [1.29, 1.82) is 0 Å². The Kier molecular flexibility index (Phi) is 4.57. The standard InChI is InChI=1S/C13H16N4OS/c1-3-11-15-13(17-16-11)19-9(2)12(18)14-10-7-5-4-6-8-10/h4-9H,3H2,1-2H3,(H,14,18)(H,15,16,17)/t9-/m0/s1. The van der Waals surface area contributed by atoms with Crippen LogP contribution in [-0.4, -0.2) is 26.3 Å². The van der Waals surface area contributed by atoms with Gasteiger partial charge in [0, 0.05) is 12.1 Å². The maximum atomic E-state index is 12.0. The summed E-state index contributed by atoms with van der Waals surface area (Å²) in [4.78, 5) is 16.3. The minimum Gasteiger partial charge on any atom is -0.325 e. The molecule has 0 radical (unpaired) electrons. The number of carbonyl (C=O) groups excluding carboxylic acids is 1. The summed E-state index contributed by atoms with van der Waals surface area (Å²) in [7, 11) is 0. The highest BCUT2D eigenvalue weighted by molar-refractivity contribution is 8.00. The summed E-state index contributed by atoms with van der Waals surface area (Å²) >= 11 is 1.34. The first-order chi connectivity index (χ1) is 9.19. The first kappa shape index (κ1) is 13.6. The molecule has 0 saturated carbocycles. The molecule has 0 aliphatic heterocycles. The maximum Gasteiger partial charge on any atom is 0.237 e. The van der Waals surface area contributed by atoms with Gasteiger partial charge in [0.25, 0.3) is 0 Å². The highest BCUT2D eigenvalue weighted by Gasteiger charge is 2.16. The van der Waals surface area contributed by atoms with Crippen LogP contribution in [0.1, 0.15) is 19.7 Å². The fourth-order valence-corrected chi connectivity index (χ4v) is 2.21. The molecule has 5 nitrogen and oxygen atoms in total. The SMILES string of the molecule is CCc1nc(S[C@@H](C)C(=O)Nc2ccccc2)n[nH]1. The van der Waals surface area contributed by atoms with Crippen LogP contribution in [0.15, 0.2) is 35.5 Å². The number of thioether (sulfide) groups is 1. The molecular formula is C13H16N4OS. The van der Waals surface area contributed by atoms with Crippen LogP contribution >= 0.6 is 11.8 Å². The number of nitrogens with zero attached hydrogens (tertiary/aromatic N) is 2. The molecule has 1 aromatic heterocycles. The zero-order valence-electron chi connectivity index (χ0n) is 10.9. The summed E-state index contributed by atoms with van der Waals surface area (Å²) in [6, 6.07) is 9.40. The van der Waals surface area contributed by atoms with Crippen LogP contribution < -0.4 is 5.32 Å². The molecule has 100 valence electrons. The number of rotatable bonds is 5. The minimum atomic E-state index is -0.249. The van der Waals surface area contributed by atoms with Crippen LogP contribution in [0.5, 0.6) is 0 Å². The molecule has 2 rings (SSSR count). The van der Waals surface area contributed by atoms with Crippen LogP contribution in [0.4, 0.5) is 5.69 Å². The second kappa shape index (κ2) is 6.38. The van der Waals surface area contributed by atoms with Crippen LogP contribution in [-0.2, 0) is 11.2 Å². The number of anilines is 1. The zero-order chi connectivity index (χ0) is 13.7. The van der Waals surface area contributed by atoms with Crippen molar-refractivity contribution in [2.45, 2.75) is 30.7 Å². The third-order valence-corrected chi connectivity index (χ3v) is 3.50. The molecule has 2 aromatic rings. The number of carbonyl (C=O) groups is 1. The average molecular weight is 276 g/mol. The van der Waals surface area contributed by atoms with Crippen LogP contribution in [0.25, 0.3) is 0 Å². The number of amides is 1. The number of nitrogens with one attached hydrogen (secondary N) is 2. The zero-order valence-corrected chi connectivity index (χ0v) is 11.7. The molecule has 19 heavy (non-hydrogen) atoms. The number of H-pyrrole nitrogens is 1. The topological polar surface area (TPSA) is 70.7 Å². The third-order valence-electron chi connectivity index (χ3n) is 2.54. The van der Waals surface area contributed by atoms with Crippen molar-refractivity contribution in [3.05, 3.63) is 36.2 Å². The van der Waals surface area contributed by atoms with Gasteiger partial charge in [-0.25, -0.2) is 4.98 Å². The number of hydrogen-bond donors (Lipinski definition) is 2. The van der Waals surface area contributed by atoms with Gasteiger partial charge >= 0.3 is 0 Å². The molecule has 0 bridgehead atoms. The van der Waals surface area contributed by atoms with Gasteiger partial charge in [-0.05, 0) is 19.1 Å². The quantitative estimate of drug-likeness (QED) is 0.823. The van der Waals surface area contributed by atoms with Crippen molar-refractivity contribution >= 4 is 23.4 Å². The number of benzene rings is 1. The Labute approximate surface area is 116 Å². The predicted molar refractivity (Wildman–Crippen MR) is 76.2 cm³/mol. The summed E-state index contributed by atoms with van der Waals surface area (Å²) < 4.78 is 0. The molecule has 0 saturated heterocycles. The second-order valence-corrected chi connectivity index (χ2v) is 5.34. The second-order valence-electron chi connectivity index (χ2n) is 4.03. The first-order valence-corrected chi connectivity index (χ1v) is 7.01. The third kappa shape index (κ3) is 3.82. The van der Waals surface area contributed by atoms with E-state index in [0.717, 1.165) is 17.9 Å². The Morgan fingerprint density at radius 3 is 2.79 bits per heavy atom. The molecule has 1 aromatic carbocycles. The summed E-state index contributed by atoms with van der Waals surface area (Å²) in [5.41, 5.74) is 0.796. The molecule has 2 N–H and O–H groups in total. The van der Waals surface area contributed by atoms with Gasteiger partial charge in [-0.3, -0.25) is 9.89 Å². The van der Waals surface area contributed by atoms with E-state index in [1.807, 2.05) is 44.2 Å². The van der Waals surface area contributed by atoms with Gasteiger partial charge in [0.05, 0.1) is 5.25 Å². The lowest BCUT2D eigenvalue weighted by Gasteiger charge is -2.09. The molecule has 0 fully saturated rings. The smallest absolute Gasteiger partial charge is 0.237 e. The van der Waals surface area contributed by atoms with Crippen molar-refractivity contribution in [2.75, 3.05) is 5.32 Å². The van der Waals surface area contributed by atoms with Crippen molar-refractivity contribution in [2.24, 2.45) is 0 Å². The van der Waals surface area contributed by atoms with Gasteiger partial charge in [0.15, 0.2) is 0 Å². The summed E-state index contributed by atoms with van der Waals surface area (Å²) in [5.74, 6) is 0.775. The Morgan fingerprint density at radius 1 is 1.42 bits per heavy atom. The molecule has 0 aliphatic carbocycles. The van der Waals surface area contributed by atoms with E-state index < -0.39 is 0 Å². The van der Waals surface area contributed by atoms with E-state index in [9.17, 15) is 4.79 Å². The molecule has 1 amide bonds. The molecule has 0 unspecified atom stereocenters. The number of aryl methyl sites for hydroxylation is 1. The summed E-state index contributed by atoms with van der Waals surface area (Å²) in [6.45, 7) is 3.84. The van der Waals surface area contributed by atoms with Gasteiger partial charge < -0.3 is 5.32 Å². The van der Waals surface area contributed by atoms with E-state index in [-0.39, 0.29) is 11.2 Å². The lowest BCUT2D eigenvalue weighted by atomic mass is 10.3. The van der Waals surface area contributed by atoms with Crippen LogP contribution in [0, 0.1) is 0 Å². The van der Waals surface area contributed by atoms with E-state index in [2.05, 4.69) is 20.5 Å². The Balaban J connectivity index is 1.92. The number of hydrogen-bond acceptors (Lipinski definition) is 4. The van der Waals surface area contributed by atoms with Gasteiger partial charge in [0.2, 0.25) is 11.1 Å². The van der Waals surface area contributed by atoms with Crippen molar-refractivity contribution in [3.63, 3.8) is 0 Å². The van der Waals surface area contributed by atoms with E-state index in [1.54, 1.807) is 0 Å². The molecular weight excluding hydrogens is 260 g/mol. The maximum absolute atomic E-state index is 12.0. The Morgan fingerprint density at radius 2 is 2.16 bits per heavy atom. The fourth-order valence-electron chi connectivity index (χ4n) is 1.47. The average Bonchev–Trinajstić information content (AvgIpc) is 2.87. The van der Waals surface area contributed by atoms with Crippen molar-refractivity contribution in [3.8, 4) is 0 Å². The van der Waals surface area contributed by atoms with Gasteiger partial charge in [-0.15, -0.1) is 5.10 Å². The van der Waals surface area contributed by atoms with Crippen molar-refractivity contribution in [1.82, 2.24) is 15.2 Å². The van der Waals surface area contributed by atoms with Crippen molar-refractivity contribution < 1.29 is 4.79 Å². The minimum absolute atomic E-state index is 0.0564. The summed E-state index contributed by atoms with van der Waals surface area (Å²) in [5, 5.41) is 10.1. The molecule has 0 spiro atoms. The highest BCUT2D eigenvalue weighted by Crippen LogP contribution is 2.20. The van der Waals surface area contributed by atoms with Gasteiger partial charge in [-0.2, -0.15) is 0 Å². The fraction of sp³-hybridized carbons (Fsp3) is 0.308. The van der Waals surface area contributed by atoms with Crippen LogP contribution in [0.2, 0.25) is 0 Å². The lowest BCUT2D eigenvalue weighted by molar-refractivity contribution is -0.115. The predicted octanol–water partition coefficient (Wildman–Crippen LogP) is 2.49. The monoisotopic (exact) mass is 276 g/mol. The normalized spacial score (nSPS) is 12.1. The summed E-state index contributed by atoms with van der Waals surface area (Å²) in [6.07, 6.45) is 0.804. The highest BCUT2D eigenvalue weighted by atomic mass is 32.2. The van der Waals surface area contributed by atoms with Gasteiger partial charge in [-0.1, -0.05) is 36.9 Å². The molecule has 0 aliphatic rings. The largest absolute Gasteiger partial charge is 0.325 e. The van der Waals surface area contributed by atoms with E-state index >= 15 is 0 Å². The van der Waals surface area contributed by atoms with E-state index in [4.69, 9.17) is 0 Å². The number of aromatic amines is 1. The lowest BCUT2D eigenvalue weighted by Crippen LogP contribution is -2.22. The number of aromatic nitrogens is 3. The van der Waals surface area contributed by atoms with E-state index in [0.29, 0.717) is 5.16 Å². The Bertz CT molecular complexity index is 541. The van der Waals surface area contributed by atoms with E-state index in [1.165, 1.54) is 11.8 Å².